The highest BCUT2D eigenvalue weighted by Gasteiger charge is 2.23. The number of amides is 1. The van der Waals surface area contributed by atoms with Gasteiger partial charge in [0.15, 0.2) is 11.5 Å². The second-order valence-electron chi connectivity index (χ2n) is 6.28. The van der Waals surface area contributed by atoms with E-state index in [1.54, 1.807) is 19.2 Å². The Kier molecular flexibility index (Phi) is 5.32. The average molecular weight is 411 g/mol. The molecule has 1 amide bonds. The Labute approximate surface area is 163 Å². The molecule has 0 saturated carbocycles. The molecule has 1 aliphatic rings. The Hall–Kier alpha value is -2.29. The Morgan fingerprint density at radius 3 is 2.48 bits per heavy atom. The zero-order chi connectivity index (χ0) is 19.8. The Morgan fingerprint density at radius 1 is 1.07 bits per heavy atom. The summed E-state index contributed by atoms with van der Waals surface area (Å²) in [4.78, 5) is 14.3. The molecular formula is C18H19ClN2O5S. The predicted molar refractivity (Wildman–Crippen MR) is 101 cm³/mol. The molecule has 3 rings (SSSR count). The molecule has 0 aromatic heterocycles. The van der Waals surface area contributed by atoms with Crippen LogP contribution in [0.1, 0.15) is 15.9 Å². The molecule has 1 heterocycles. The monoisotopic (exact) mass is 410 g/mol. The molecule has 0 radical (unpaired) electrons. The molecular weight excluding hydrogens is 392 g/mol. The number of rotatable bonds is 5. The van der Waals surface area contributed by atoms with E-state index >= 15 is 0 Å². The SMILES string of the molecule is CN(Cc1ccc2c(c1)OCO2)C(=O)c1cc(S(=O)(=O)N(C)C)ccc1Cl. The van der Waals surface area contributed by atoms with E-state index < -0.39 is 10.0 Å². The molecule has 0 spiro atoms. The quantitative estimate of drug-likeness (QED) is 0.757. The third-order valence-corrected chi connectivity index (χ3v) is 6.29. The van der Waals surface area contributed by atoms with Crippen molar-refractivity contribution in [3.63, 3.8) is 0 Å². The van der Waals surface area contributed by atoms with Gasteiger partial charge in [-0.3, -0.25) is 4.79 Å². The molecule has 9 heteroatoms. The van der Waals surface area contributed by atoms with Crippen LogP contribution >= 0.6 is 11.6 Å². The van der Waals surface area contributed by atoms with Gasteiger partial charge in [-0.05, 0) is 35.9 Å². The van der Waals surface area contributed by atoms with Gasteiger partial charge < -0.3 is 14.4 Å². The maximum Gasteiger partial charge on any atom is 0.255 e. The highest BCUT2D eigenvalue weighted by Crippen LogP contribution is 2.33. The number of carbonyl (C=O) groups is 1. The van der Waals surface area contributed by atoms with Crippen molar-refractivity contribution in [2.75, 3.05) is 27.9 Å². The molecule has 7 nitrogen and oxygen atoms in total. The number of hydrogen-bond acceptors (Lipinski definition) is 5. The largest absolute Gasteiger partial charge is 0.454 e. The zero-order valence-corrected chi connectivity index (χ0v) is 16.7. The van der Waals surface area contributed by atoms with Crippen LogP contribution in [0.4, 0.5) is 0 Å². The average Bonchev–Trinajstić information content (AvgIpc) is 3.09. The van der Waals surface area contributed by atoms with Gasteiger partial charge in [-0.1, -0.05) is 17.7 Å². The smallest absolute Gasteiger partial charge is 0.255 e. The van der Waals surface area contributed by atoms with Crippen molar-refractivity contribution < 1.29 is 22.7 Å². The lowest BCUT2D eigenvalue weighted by Gasteiger charge is -2.19. The molecule has 0 fully saturated rings. The topological polar surface area (TPSA) is 76.1 Å². The van der Waals surface area contributed by atoms with E-state index in [4.69, 9.17) is 21.1 Å². The van der Waals surface area contributed by atoms with Crippen LogP contribution in [0.25, 0.3) is 0 Å². The molecule has 0 N–H and O–H groups in total. The van der Waals surface area contributed by atoms with Crippen LogP contribution in [0.5, 0.6) is 11.5 Å². The van der Waals surface area contributed by atoms with Gasteiger partial charge in [0.05, 0.1) is 15.5 Å². The van der Waals surface area contributed by atoms with Gasteiger partial charge in [0.25, 0.3) is 5.91 Å². The summed E-state index contributed by atoms with van der Waals surface area (Å²) in [6, 6.07) is 9.53. The van der Waals surface area contributed by atoms with Crippen LogP contribution in [-0.2, 0) is 16.6 Å². The standard InChI is InChI=1S/C18H19ClN2O5S/c1-20(2)27(23,24)13-5-6-15(19)14(9-13)18(22)21(3)10-12-4-7-16-17(8-12)26-11-25-16/h4-9H,10-11H2,1-3H3. The van der Waals surface area contributed by atoms with Crippen molar-refractivity contribution >= 4 is 27.5 Å². The van der Waals surface area contributed by atoms with Crippen LogP contribution < -0.4 is 9.47 Å². The molecule has 0 saturated heterocycles. The summed E-state index contributed by atoms with van der Waals surface area (Å²) in [5.41, 5.74) is 0.978. The number of sulfonamides is 1. The summed E-state index contributed by atoms with van der Waals surface area (Å²) in [6.07, 6.45) is 0. The highest BCUT2D eigenvalue weighted by atomic mass is 35.5. The molecule has 1 aliphatic heterocycles. The van der Waals surface area contributed by atoms with Crippen LogP contribution in [0.3, 0.4) is 0 Å². The number of carbonyl (C=O) groups excluding carboxylic acids is 1. The van der Waals surface area contributed by atoms with E-state index in [9.17, 15) is 13.2 Å². The third-order valence-electron chi connectivity index (χ3n) is 4.15. The molecule has 2 aromatic rings. The summed E-state index contributed by atoms with van der Waals surface area (Å²) >= 11 is 6.15. The van der Waals surface area contributed by atoms with Crippen molar-refractivity contribution in [3.05, 3.63) is 52.5 Å². The van der Waals surface area contributed by atoms with Gasteiger partial charge in [0.2, 0.25) is 16.8 Å². The Morgan fingerprint density at radius 2 is 1.78 bits per heavy atom. The molecule has 0 atom stereocenters. The second-order valence-corrected chi connectivity index (χ2v) is 8.84. The van der Waals surface area contributed by atoms with Gasteiger partial charge in [-0.15, -0.1) is 0 Å². The maximum absolute atomic E-state index is 12.8. The third kappa shape index (κ3) is 3.87. The Balaban J connectivity index is 1.84. The molecule has 144 valence electrons. The van der Waals surface area contributed by atoms with Crippen molar-refractivity contribution in [2.24, 2.45) is 0 Å². The van der Waals surface area contributed by atoms with E-state index in [1.807, 2.05) is 6.07 Å². The van der Waals surface area contributed by atoms with Gasteiger partial charge in [-0.2, -0.15) is 0 Å². The van der Waals surface area contributed by atoms with Crippen LogP contribution in [-0.4, -0.2) is 51.5 Å². The second kappa shape index (κ2) is 7.38. The fourth-order valence-corrected chi connectivity index (χ4v) is 3.76. The lowest BCUT2D eigenvalue weighted by Crippen LogP contribution is -2.27. The van der Waals surface area contributed by atoms with Crippen molar-refractivity contribution in [3.8, 4) is 11.5 Å². The number of benzene rings is 2. The molecule has 0 unspecified atom stereocenters. The number of nitrogens with zero attached hydrogens (tertiary/aromatic N) is 2. The summed E-state index contributed by atoms with van der Waals surface area (Å²) in [5, 5.41) is 0.190. The summed E-state index contributed by atoms with van der Waals surface area (Å²) in [7, 11) is 0.809. The van der Waals surface area contributed by atoms with Crippen molar-refractivity contribution in [1.82, 2.24) is 9.21 Å². The Bertz CT molecular complexity index is 991. The van der Waals surface area contributed by atoms with Crippen LogP contribution in [0, 0.1) is 0 Å². The first-order chi connectivity index (χ1) is 12.7. The van der Waals surface area contributed by atoms with E-state index in [1.165, 1.54) is 37.2 Å². The minimum Gasteiger partial charge on any atom is -0.454 e. The van der Waals surface area contributed by atoms with Gasteiger partial charge in [0, 0.05) is 27.7 Å². The minimum absolute atomic E-state index is 0.0109. The lowest BCUT2D eigenvalue weighted by atomic mass is 10.1. The van der Waals surface area contributed by atoms with Gasteiger partial charge in [0.1, 0.15) is 0 Å². The summed E-state index contributed by atoms with van der Waals surface area (Å²) in [5.74, 6) is 0.913. The fraction of sp³-hybridized carbons (Fsp3) is 0.278. The summed E-state index contributed by atoms with van der Waals surface area (Å²) < 4.78 is 36.3. The lowest BCUT2D eigenvalue weighted by molar-refractivity contribution is 0.0785. The van der Waals surface area contributed by atoms with E-state index in [0.717, 1.165) is 9.87 Å². The number of halogens is 1. The number of hydrogen-bond donors (Lipinski definition) is 0. The minimum atomic E-state index is -3.67. The van der Waals surface area contributed by atoms with Crippen LogP contribution in [0.15, 0.2) is 41.3 Å². The molecule has 0 bridgehead atoms. The fourth-order valence-electron chi connectivity index (χ4n) is 2.63. The normalized spacial score (nSPS) is 13.1. The van der Waals surface area contributed by atoms with E-state index in [2.05, 4.69) is 0 Å². The predicted octanol–water partition coefficient (Wildman–Crippen LogP) is 2.59. The van der Waals surface area contributed by atoms with Crippen molar-refractivity contribution in [1.29, 1.82) is 0 Å². The zero-order valence-electron chi connectivity index (χ0n) is 15.1. The number of fused-ring (bicyclic) bond motifs is 1. The van der Waals surface area contributed by atoms with Crippen LogP contribution in [0.2, 0.25) is 5.02 Å². The molecule has 27 heavy (non-hydrogen) atoms. The van der Waals surface area contributed by atoms with Gasteiger partial charge in [-0.25, -0.2) is 12.7 Å². The molecule has 0 aliphatic carbocycles. The first kappa shape index (κ1) is 19.5. The first-order valence-corrected chi connectivity index (χ1v) is 9.88. The maximum atomic E-state index is 12.8. The van der Waals surface area contributed by atoms with Crippen molar-refractivity contribution in [2.45, 2.75) is 11.4 Å². The van der Waals surface area contributed by atoms with E-state index in [0.29, 0.717) is 18.0 Å². The first-order valence-electron chi connectivity index (χ1n) is 8.06. The molecule has 2 aromatic carbocycles. The van der Waals surface area contributed by atoms with Gasteiger partial charge >= 0.3 is 0 Å². The van der Waals surface area contributed by atoms with E-state index in [-0.39, 0.29) is 28.2 Å². The number of ether oxygens (including phenoxy) is 2. The summed E-state index contributed by atoms with van der Waals surface area (Å²) in [6.45, 7) is 0.479. The highest BCUT2D eigenvalue weighted by molar-refractivity contribution is 7.89.